The zero-order chi connectivity index (χ0) is 19.9. The molecule has 0 radical (unpaired) electrons. The summed E-state index contributed by atoms with van der Waals surface area (Å²) in [5.74, 6) is 0.706. The monoisotopic (exact) mass is 429 g/mol. The number of nitrogens with zero attached hydrogens (tertiary/aromatic N) is 3. The van der Waals surface area contributed by atoms with E-state index in [2.05, 4.69) is 26.3 Å². The van der Waals surface area contributed by atoms with E-state index >= 15 is 0 Å². The fourth-order valence-corrected chi connectivity index (χ4v) is 4.45. The molecule has 6 nitrogen and oxygen atoms in total. The zero-order valence-corrected chi connectivity index (χ0v) is 17.7. The number of ether oxygens (including phenoxy) is 2. The van der Waals surface area contributed by atoms with E-state index in [1.165, 1.54) is 11.1 Å². The Bertz CT molecular complexity index is 894. The Morgan fingerprint density at radius 1 is 1.31 bits per heavy atom. The fourth-order valence-electron chi connectivity index (χ4n) is 3.35. The highest BCUT2D eigenvalue weighted by Crippen LogP contribution is 2.20. The van der Waals surface area contributed by atoms with Gasteiger partial charge in [-0.1, -0.05) is 18.2 Å². The predicted octanol–water partition coefficient (Wildman–Crippen LogP) is 4.04. The highest BCUT2D eigenvalue weighted by molar-refractivity contribution is 7.09. The molecule has 0 N–H and O–H groups in total. The van der Waals surface area contributed by atoms with Gasteiger partial charge < -0.3 is 14.4 Å². The molecule has 1 aromatic carbocycles. The summed E-state index contributed by atoms with van der Waals surface area (Å²) < 4.78 is 19.8. The average molecular weight is 430 g/mol. The van der Waals surface area contributed by atoms with Crippen LogP contribution in [-0.4, -0.2) is 45.4 Å². The van der Waals surface area contributed by atoms with Gasteiger partial charge in [-0.3, -0.25) is 4.79 Å². The third-order valence-corrected chi connectivity index (χ3v) is 6.20. The number of rotatable bonds is 9. The number of hydrogen-bond acceptors (Lipinski definition) is 7. The quantitative estimate of drug-likeness (QED) is 0.514. The van der Waals surface area contributed by atoms with Gasteiger partial charge in [-0.2, -0.15) is 8.75 Å². The second-order valence-electron chi connectivity index (χ2n) is 6.94. The van der Waals surface area contributed by atoms with E-state index in [0.29, 0.717) is 25.4 Å². The molecule has 1 aliphatic rings. The van der Waals surface area contributed by atoms with Crippen molar-refractivity contribution in [2.75, 3.05) is 19.8 Å². The van der Waals surface area contributed by atoms with Crippen molar-refractivity contribution in [3.8, 4) is 5.75 Å². The van der Waals surface area contributed by atoms with E-state index in [4.69, 9.17) is 9.47 Å². The van der Waals surface area contributed by atoms with Gasteiger partial charge in [0.05, 0.1) is 30.6 Å². The van der Waals surface area contributed by atoms with Crippen LogP contribution < -0.4 is 4.74 Å². The first kappa shape index (κ1) is 20.0. The Morgan fingerprint density at radius 3 is 3.03 bits per heavy atom. The topological polar surface area (TPSA) is 64.6 Å². The number of hydrogen-bond donors (Lipinski definition) is 0. The van der Waals surface area contributed by atoms with Crippen molar-refractivity contribution in [3.05, 3.63) is 64.1 Å². The van der Waals surface area contributed by atoms with Crippen LogP contribution in [-0.2, 0) is 17.7 Å². The summed E-state index contributed by atoms with van der Waals surface area (Å²) in [6.45, 7) is 2.43. The molecule has 1 fully saturated rings. The molecule has 1 aliphatic heterocycles. The van der Waals surface area contributed by atoms with Crippen LogP contribution >= 0.6 is 23.1 Å². The van der Waals surface area contributed by atoms with Gasteiger partial charge in [0.2, 0.25) is 0 Å². The van der Waals surface area contributed by atoms with Gasteiger partial charge in [-0.25, -0.2) is 0 Å². The van der Waals surface area contributed by atoms with Crippen molar-refractivity contribution in [1.82, 2.24) is 13.6 Å². The van der Waals surface area contributed by atoms with Crippen LogP contribution in [0.4, 0.5) is 0 Å². The minimum Gasteiger partial charge on any atom is -0.493 e. The minimum absolute atomic E-state index is 0.0794. The zero-order valence-electron chi connectivity index (χ0n) is 16.0. The molecule has 2 aromatic heterocycles. The Morgan fingerprint density at radius 2 is 2.28 bits per heavy atom. The summed E-state index contributed by atoms with van der Waals surface area (Å²) in [6, 6.07) is 12.1. The molecule has 0 saturated carbocycles. The molecular weight excluding hydrogens is 406 g/mol. The van der Waals surface area contributed by atoms with E-state index in [1.54, 1.807) is 16.2 Å². The molecule has 1 saturated heterocycles. The van der Waals surface area contributed by atoms with Crippen LogP contribution in [0.15, 0.2) is 48.0 Å². The van der Waals surface area contributed by atoms with Crippen LogP contribution in [0.3, 0.4) is 0 Å². The van der Waals surface area contributed by atoms with Gasteiger partial charge in [0, 0.05) is 31.0 Å². The highest BCUT2D eigenvalue weighted by Gasteiger charge is 2.25. The lowest BCUT2D eigenvalue weighted by molar-refractivity contribution is 0.0503. The summed E-state index contributed by atoms with van der Waals surface area (Å²) in [5, 5.41) is 2.08. The first-order chi connectivity index (χ1) is 14.3. The first-order valence-electron chi connectivity index (χ1n) is 9.70. The maximum Gasteiger partial charge on any atom is 0.275 e. The standard InChI is InChI=1S/C21H23N3O3S2/c25-21(20-13-22-29-23-20)24(15-18-6-2-9-26-18)14-16-4-1-5-17(12-16)27-10-8-19-7-3-11-28-19/h1,3-5,7,11-13,18H,2,6,8-10,14-15H2. The summed E-state index contributed by atoms with van der Waals surface area (Å²) in [6.07, 6.45) is 4.52. The van der Waals surface area contributed by atoms with Gasteiger partial charge in [0.25, 0.3) is 5.91 Å². The lowest BCUT2D eigenvalue weighted by Gasteiger charge is -2.25. The first-order valence-corrected chi connectivity index (χ1v) is 11.3. The van der Waals surface area contributed by atoms with Crippen molar-refractivity contribution in [3.63, 3.8) is 0 Å². The Balaban J connectivity index is 1.41. The Labute approximate surface area is 178 Å². The van der Waals surface area contributed by atoms with Gasteiger partial charge in [0.15, 0.2) is 5.69 Å². The van der Waals surface area contributed by atoms with Crippen molar-refractivity contribution in [1.29, 1.82) is 0 Å². The highest BCUT2D eigenvalue weighted by atomic mass is 32.1. The number of aromatic nitrogens is 2. The van der Waals surface area contributed by atoms with Gasteiger partial charge >= 0.3 is 0 Å². The van der Waals surface area contributed by atoms with E-state index < -0.39 is 0 Å². The fraction of sp³-hybridized carbons (Fsp3) is 0.381. The molecule has 8 heteroatoms. The lowest BCUT2D eigenvalue weighted by Crippen LogP contribution is -2.37. The number of benzene rings is 1. The Kier molecular flexibility index (Phi) is 6.87. The van der Waals surface area contributed by atoms with Crippen LogP contribution in [0.1, 0.15) is 33.8 Å². The summed E-state index contributed by atoms with van der Waals surface area (Å²) in [7, 11) is 0. The molecule has 152 valence electrons. The molecular formula is C21H23N3O3S2. The number of amides is 1. The van der Waals surface area contributed by atoms with Gasteiger partial charge in [-0.05, 0) is 42.0 Å². The average Bonchev–Trinajstić information content (AvgIpc) is 3.50. The van der Waals surface area contributed by atoms with Gasteiger partial charge in [0.1, 0.15) is 5.75 Å². The second kappa shape index (κ2) is 9.96. The molecule has 0 spiro atoms. The third kappa shape index (κ3) is 5.62. The van der Waals surface area contributed by atoms with Crippen molar-refractivity contribution in [2.45, 2.75) is 31.9 Å². The molecule has 29 heavy (non-hydrogen) atoms. The number of thiophene rings is 1. The van der Waals surface area contributed by atoms with Crippen molar-refractivity contribution in [2.24, 2.45) is 0 Å². The number of carbonyl (C=O) groups excluding carboxylic acids is 1. The summed E-state index contributed by atoms with van der Waals surface area (Å²) >= 11 is 2.79. The van der Waals surface area contributed by atoms with E-state index in [9.17, 15) is 4.79 Å². The van der Waals surface area contributed by atoms with E-state index in [1.807, 2.05) is 24.3 Å². The van der Waals surface area contributed by atoms with E-state index in [0.717, 1.165) is 48.9 Å². The minimum atomic E-state index is -0.113. The molecule has 1 amide bonds. The van der Waals surface area contributed by atoms with E-state index in [-0.39, 0.29) is 12.0 Å². The molecule has 4 rings (SSSR count). The van der Waals surface area contributed by atoms with Crippen molar-refractivity contribution < 1.29 is 14.3 Å². The predicted molar refractivity (Wildman–Crippen MR) is 114 cm³/mol. The SMILES string of the molecule is O=C(c1cnsn1)N(Cc1cccc(OCCc2cccs2)c1)CC1CCCO1. The largest absolute Gasteiger partial charge is 0.493 e. The van der Waals surface area contributed by atoms with Crippen LogP contribution in [0.2, 0.25) is 0 Å². The summed E-state index contributed by atoms with van der Waals surface area (Å²) in [4.78, 5) is 16.0. The molecule has 1 atom stereocenters. The normalized spacial score (nSPS) is 16.1. The second-order valence-corrected chi connectivity index (χ2v) is 8.53. The maximum atomic E-state index is 12.9. The molecule has 1 unspecified atom stereocenters. The number of carbonyl (C=O) groups is 1. The van der Waals surface area contributed by atoms with Gasteiger partial charge in [-0.15, -0.1) is 11.3 Å². The third-order valence-electron chi connectivity index (χ3n) is 4.78. The molecule has 3 heterocycles. The lowest BCUT2D eigenvalue weighted by atomic mass is 10.1. The summed E-state index contributed by atoms with van der Waals surface area (Å²) in [5.41, 5.74) is 1.41. The molecule has 3 aromatic rings. The van der Waals surface area contributed by atoms with Crippen LogP contribution in [0.25, 0.3) is 0 Å². The Hall–Kier alpha value is -2.29. The van der Waals surface area contributed by atoms with Crippen molar-refractivity contribution >= 4 is 29.0 Å². The molecule has 0 aliphatic carbocycles. The molecule has 0 bridgehead atoms. The smallest absolute Gasteiger partial charge is 0.275 e. The van der Waals surface area contributed by atoms with Crippen LogP contribution in [0.5, 0.6) is 5.75 Å². The van der Waals surface area contributed by atoms with Crippen LogP contribution in [0, 0.1) is 0 Å². The maximum absolute atomic E-state index is 12.9.